The maximum Gasteiger partial charge on any atom is 0.433 e. The fourth-order valence-electron chi connectivity index (χ4n) is 2.38. The number of carbonyl (C=O) groups is 2. The second-order valence-electron chi connectivity index (χ2n) is 5.64. The van der Waals surface area contributed by atoms with Gasteiger partial charge in [0.25, 0.3) is 5.91 Å². The van der Waals surface area contributed by atoms with E-state index in [9.17, 15) is 28.1 Å². The number of esters is 1. The molecule has 0 spiro atoms. The van der Waals surface area contributed by atoms with Crippen molar-refractivity contribution < 1.29 is 32.1 Å². The molecule has 0 aliphatic carbocycles. The molecule has 0 radical (unpaired) electrons. The summed E-state index contributed by atoms with van der Waals surface area (Å²) in [6.45, 7) is 3.34. The quantitative estimate of drug-likeness (QED) is 0.364. The number of amides is 1. The van der Waals surface area contributed by atoms with Crippen LogP contribution in [0.15, 0.2) is 45.7 Å². The molecular formula is C17H19N3O8S. The van der Waals surface area contributed by atoms with Crippen molar-refractivity contribution in [3.05, 3.63) is 52.3 Å². The van der Waals surface area contributed by atoms with E-state index >= 15 is 0 Å². The van der Waals surface area contributed by atoms with Crippen molar-refractivity contribution in [3.8, 4) is 0 Å². The molecule has 0 aliphatic heterocycles. The van der Waals surface area contributed by atoms with E-state index in [0.29, 0.717) is 13.1 Å². The third-order valence-corrected chi connectivity index (χ3v) is 5.81. The van der Waals surface area contributed by atoms with Crippen molar-refractivity contribution >= 4 is 33.5 Å². The molecule has 1 aromatic carbocycles. The Kier molecular flexibility index (Phi) is 7.07. The van der Waals surface area contributed by atoms with Crippen LogP contribution in [0.5, 0.6) is 0 Å². The van der Waals surface area contributed by atoms with Crippen LogP contribution in [0.1, 0.15) is 24.4 Å². The molecule has 1 heterocycles. The Hall–Kier alpha value is -3.25. The summed E-state index contributed by atoms with van der Waals surface area (Å²) in [5.74, 6) is -2.83. The van der Waals surface area contributed by atoms with Gasteiger partial charge in [0.15, 0.2) is 6.61 Å². The van der Waals surface area contributed by atoms with Crippen LogP contribution in [0, 0.1) is 10.1 Å². The van der Waals surface area contributed by atoms with Gasteiger partial charge in [0.2, 0.25) is 15.8 Å². The smallest absolute Gasteiger partial charge is 0.433 e. The number of nitrogens with zero attached hydrogens (tertiary/aromatic N) is 2. The maximum absolute atomic E-state index is 12.5. The van der Waals surface area contributed by atoms with Gasteiger partial charge in [-0.25, -0.2) is 13.2 Å². The number of nitro groups is 1. The van der Waals surface area contributed by atoms with Crippen molar-refractivity contribution in [2.24, 2.45) is 0 Å². The zero-order valence-corrected chi connectivity index (χ0v) is 16.5. The van der Waals surface area contributed by atoms with E-state index in [2.05, 4.69) is 9.73 Å². The molecule has 1 amide bonds. The molecule has 2 rings (SSSR count). The molecule has 0 bridgehead atoms. The third kappa shape index (κ3) is 5.39. The minimum Gasteiger partial charge on any atom is -0.450 e. The average Bonchev–Trinajstić information content (AvgIpc) is 3.18. The van der Waals surface area contributed by atoms with E-state index in [4.69, 9.17) is 4.74 Å². The molecule has 2 aromatic rings. The zero-order chi connectivity index (χ0) is 21.6. The van der Waals surface area contributed by atoms with E-state index in [1.807, 2.05) is 0 Å². The molecule has 1 aromatic heterocycles. The van der Waals surface area contributed by atoms with Gasteiger partial charge in [-0.15, -0.1) is 0 Å². The molecular weight excluding hydrogens is 406 g/mol. The zero-order valence-electron chi connectivity index (χ0n) is 15.7. The SMILES string of the molecule is CCN(CC)S(=O)(=O)c1cccc(NC(=O)COC(=O)c2ccc([N+](=O)[O-])o2)c1. The fraction of sp³-hybridized carbons (Fsp3) is 0.294. The lowest BCUT2D eigenvalue weighted by Gasteiger charge is -2.18. The second-order valence-corrected chi connectivity index (χ2v) is 7.57. The van der Waals surface area contributed by atoms with Gasteiger partial charge in [0, 0.05) is 18.8 Å². The number of ether oxygens (including phenoxy) is 1. The first-order chi connectivity index (χ1) is 13.7. The molecule has 0 unspecified atom stereocenters. The lowest BCUT2D eigenvalue weighted by Crippen LogP contribution is -2.30. The van der Waals surface area contributed by atoms with Gasteiger partial charge in [-0.05, 0) is 24.3 Å². The summed E-state index contributed by atoms with van der Waals surface area (Å²) in [5.41, 5.74) is 0.202. The number of anilines is 1. The molecule has 1 N–H and O–H groups in total. The van der Waals surface area contributed by atoms with E-state index in [-0.39, 0.29) is 10.6 Å². The highest BCUT2D eigenvalue weighted by Gasteiger charge is 2.22. The molecule has 12 heteroatoms. The normalized spacial score (nSPS) is 11.3. The number of rotatable bonds is 9. The van der Waals surface area contributed by atoms with E-state index in [1.54, 1.807) is 13.8 Å². The Morgan fingerprint density at radius 2 is 1.90 bits per heavy atom. The minimum atomic E-state index is -3.70. The second kappa shape index (κ2) is 9.30. The van der Waals surface area contributed by atoms with Crippen molar-refractivity contribution in [1.82, 2.24) is 4.31 Å². The number of sulfonamides is 1. The van der Waals surface area contributed by atoms with Gasteiger partial charge in [-0.1, -0.05) is 19.9 Å². The predicted molar refractivity (Wildman–Crippen MR) is 101 cm³/mol. The van der Waals surface area contributed by atoms with Gasteiger partial charge >= 0.3 is 11.9 Å². The molecule has 0 atom stereocenters. The van der Waals surface area contributed by atoms with E-state index in [1.165, 1.54) is 28.6 Å². The number of carbonyl (C=O) groups excluding carboxylic acids is 2. The van der Waals surface area contributed by atoms with Crippen molar-refractivity contribution in [2.45, 2.75) is 18.7 Å². The number of furan rings is 1. The molecule has 0 saturated carbocycles. The predicted octanol–water partition coefficient (Wildman–Crippen LogP) is 2.01. The molecule has 0 fully saturated rings. The van der Waals surface area contributed by atoms with Gasteiger partial charge in [0.1, 0.15) is 4.92 Å². The third-order valence-electron chi connectivity index (χ3n) is 3.77. The lowest BCUT2D eigenvalue weighted by molar-refractivity contribution is -0.402. The first-order valence-electron chi connectivity index (χ1n) is 8.50. The highest BCUT2D eigenvalue weighted by atomic mass is 32.2. The highest BCUT2D eigenvalue weighted by molar-refractivity contribution is 7.89. The van der Waals surface area contributed by atoms with Gasteiger partial charge in [-0.2, -0.15) is 4.31 Å². The lowest BCUT2D eigenvalue weighted by atomic mass is 10.3. The summed E-state index contributed by atoms with van der Waals surface area (Å²) >= 11 is 0. The number of benzene rings is 1. The first-order valence-corrected chi connectivity index (χ1v) is 9.94. The summed E-state index contributed by atoms with van der Waals surface area (Å²) in [4.78, 5) is 33.5. The Bertz CT molecular complexity index is 1010. The number of hydrogen-bond donors (Lipinski definition) is 1. The molecule has 29 heavy (non-hydrogen) atoms. The van der Waals surface area contributed by atoms with Crippen LogP contribution >= 0.6 is 0 Å². The number of nitrogens with one attached hydrogen (secondary N) is 1. The fourth-order valence-corrected chi connectivity index (χ4v) is 3.89. The van der Waals surface area contributed by atoms with Crippen LogP contribution in [0.4, 0.5) is 11.6 Å². The van der Waals surface area contributed by atoms with E-state index in [0.717, 1.165) is 12.1 Å². The Morgan fingerprint density at radius 3 is 2.48 bits per heavy atom. The largest absolute Gasteiger partial charge is 0.450 e. The van der Waals surface area contributed by atoms with Gasteiger partial charge in [0.05, 0.1) is 11.0 Å². The highest BCUT2D eigenvalue weighted by Crippen LogP contribution is 2.20. The van der Waals surface area contributed by atoms with Crippen LogP contribution in [-0.4, -0.2) is 49.2 Å². The monoisotopic (exact) mass is 425 g/mol. The first kappa shape index (κ1) is 22.0. The van der Waals surface area contributed by atoms with Crippen LogP contribution in [0.25, 0.3) is 0 Å². The molecule has 0 saturated heterocycles. The van der Waals surface area contributed by atoms with Gasteiger partial charge < -0.3 is 14.5 Å². The van der Waals surface area contributed by atoms with Crippen molar-refractivity contribution in [3.63, 3.8) is 0 Å². The topological polar surface area (TPSA) is 149 Å². The summed E-state index contributed by atoms with van der Waals surface area (Å²) < 4.78 is 35.8. The Balaban J connectivity index is 2.00. The summed E-state index contributed by atoms with van der Waals surface area (Å²) in [5, 5.41) is 13.0. The Labute approximate surface area is 166 Å². The molecule has 0 aliphatic rings. The summed E-state index contributed by atoms with van der Waals surface area (Å²) in [6.07, 6.45) is 0. The Morgan fingerprint density at radius 1 is 1.21 bits per heavy atom. The standard InChI is InChI=1S/C17H19N3O8S/c1-3-19(4-2)29(25,26)13-7-5-6-12(10-13)18-15(21)11-27-17(22)14-8-9-16(28-14)20(23)24/h5-10H,3-4,11H2,1-2H3,(H,18,21). The maximum atomic E-state index is 12.5. The molecule has 11 nitrogen and oxygen atoms in total. The van der Waals surface area contributed by atoms with Gasteiger partial charge in [-0.3, -0.25) is 14.9 Å². The van der Waals surface area contributed by atoms with Crippen molar-refractivity contribution in [1.29, 1.82) is 0 Å². The van der Waals surface area contributed by atoms with Crippen LogP contribution in [-0.2, 0) is 19.6 Å². The molecule has 156 valence electrons. The van der Waals surface area contributed by atoms with Crippen LogP contribution in [0.2, 0.25) is 0 Å². The average molecular weight is 425 g/mol. The van der Waals surface area contributed by atoms with Crippen LogP contribution < -0.4 is 5.32 Å². The summed E-state index contributed by atoms with van der Waals surface area (Å²) in [6, 6.07) is 7.70. The van der Waals surface area contributed by atoms with Crippen LogP contribution in [0.3, 0.4) is 0 Å². The summed E-state index contributed by atoms with van der Waals surface area (Å²) in [7, 11) is -3.70. The number of hydrogen-bond acceptors (Lipinski definition) is 8. The van der Waals surface area contributed by atoms with Crippen molar-refractivity contribution in [2.75, 3.05) is 25.0 Å². The minimum absolute atomic E-state index is 0.0129. The van der Waals surface area contributed by atoms with E-state index < -0.39 is 45.1 Å².